The van der Waals surface area contributed by atoms with Gasteiger partial charge in [-0.1, -0.05) is 30.3 Å². The molecule has 5 heteroatoms. The van der Waals surface area contributed by atoms with Gasteiger partial charge < -0.3 is 10.3 Å². The highest BCUT2D eigenvalue weighted by Gasteiger charge is 2.06. The molecule has 0 bridgehead atoms. The monoisotopic (exact) mass is 304 g/mol. The van der Waals surface area contributed by atoms with Crippen molar-refractivity contribution in [3.63, 3.8) is 0 Å². The predicted molar refractivity (Wildman–Crippen MR) is 90.7 cm³/mol. The van der Waals surface area contributed by atoms with Crippen LogP contribution in [-0.2, 0) is 0 Å². The van der Waals surface area contributed by atoms with Crippen LogP contribution in [-0.4, -0.2) is 21.7 Å². The van der Waals surface area contributed by atoms with Gasteiger partial charge in [0.1, 0.15) is 11.7 Å². The van der Waals surface area contributed by atoms with Crippen LogP contribution in [0.4, 0.5) is 5.82 Å². The Morgan fingerprint density at radius 2 is 1.91 bits per heavy atom. The third-order valence-corrected chi connectivity index (χ3v) is 3.26. The largest absolute Gasteiger partial charge is 0.340 e. The van der Waals surface area contributed by atoms with Gasteiger partial charge in [-0.15, -0.1) is 0 Å². The molecule has 1 aromatic carbocycles. The maximum Gasteiger partial charge on any atom is 0.258 e. The van der Waals surface area contributed by atoms with E-state index < -0.39 is 0 Å². The van der Waals surface area contributed by atoms with Crippen LogP contribution in [0.2, 0.25) is 0 Å². The minimum atomic E-state index is -0.228. The van der Waals surface area contributed by atoms with E-state index in [1.165, 1.54) is 6.20 Å². The lowest BCUT2D eigenvalue weighted by Gasteiger charge is -2.03. The van der Waals surface area contributed by atoms with Crippen molar-refractivity contribution in [1.82, 2.24) is 15.3 Å². The van der Waals surface area contributed by atoms with Crippen LogP contribution in [0.1, 0.15) is 17.3 Å². The molecule has 0 aliphatic rings. The Morgan fingerprint density at radius 1 is 1.09 bits per heavy atom. The van der Waals surface area contributed by atoms with Crippen LogP contribution in [0.5, 0.6) is 0 Å². The van der Waals surface area contributed by atoms with Gasteiger partial charge in [0, 0.05) is 18.1 Å². The van der Waals surface area contributed by atoms with Crippen molar-refractivity contribution in [1.29, 1.82) is 0 Å². The van der Waals surface area contributed by atoms with Crippen LogP contribution in [0.15, 0.2) is 72.0 Å². The van der Waals surface area contributed by atoms with Crippen LogP contribution in [0.3, 0.4) is 0 Å². The standard InChI is InChI=1S/C18H16N4O/c1-13(21-18(23)15-8-5-11-19-12-15)20-17-10-9-16(22-17)14-6-3-2-4-7-14/h2-12,22H,1H3,(H,20,21,23). The number of hydrogen-bond acceptors (Lipinski definition) is 3. The third-order valence-electron chi connectivity index (χ3n) is 3.26. The van der Waals surface area contributed by atoms with Crippen molar-refractivity contribution >= 4 is 17.6 Å². The van der Waals surface area contributed by atoms with Gasteiger partial charge >= 0.3 is 0 Å². The Labute approximate surface area is 134 Å². The molecule has 114 valence electrons. The fourth-order valence-corrected chi connectivity index (χ4v) is 2.18. The number of amidine groups is 1. The molecule has 0 spiro atoms. The molecule has 23 heavy (non-hydrogen) atoms. The number of pyridine rings is 1. The van der Waals surface area contributed by atoms with Crippen LogP contribution >= 0.6 is 0 Å². The van der Waals surface area contributed by atoms with Crippen LogP contribution in [0, 0.1) is 0 Å². The van der Waals surface area contributed by atoms with E-state index in [2.05, 4.69) is 20.3 Å². The van der Waals surface area contributed by atoms with Gasteiger partial charge in [0.2, 0.25) is 0 Å². The summed E-state index contributed by atoms with van der Waals surface area (Å²) in [6, 6.07) is 17.3. The Morgan fingerprint density at radius 3 is 2.65 bits per heavy atom. The van der Waals surface area contributed by atoms with Crippen molar-refractivity contribution in [2.24, 2.45) is 4.99 Å². The fourth-order valence-electron chi connectivity index (χ4n) is 2.18. The number of carbonyl (C=O) groups excluding carboxylic acids is 1. The second-order valence-corrected chi connectivity index (χ2v) is 5.02. The zero-order valence-electron chi connectivity index (χ0n) is 12.7. The SMILES string of the molecule is CC(=Nc1ccc(-c2ccccc2)[nH]1)NC(=O)c1cccnc1. The van der Waals surface area contributed by atoms with E-state index in [4.69, 9.17) is 0 Å². The molecule has 0 radical (unpaired) electrons. The first-order valence-electron chi connectivity index (χ1n) is 7.23. The molecule has 0 fully saturated rings. The lowest BCUT2D eigenvalue weighted by Crippen LogP contribution is -2.28. The molecule has 0 atom stereocenters. The van der Waals surface area contributed by atoms with Crippen molar-refractivity contribution in [3.05, 3.63) is 72.6 Å². The van der Waals surface area contributed by atoms with E-state index in [9.17, 15) is 4.79 Å². The maximum atomic E-state index is 12.0. The minimum absolute atomic E-state index is 0.228. The molecule has 0 saturated carbocycles. The summed E-state index contributed by atoms with van der Waals surface area (Å²) in [5.74, 6) is 0.974. The van der Waals surface area contributed by atoms with E-state index in [1.807, 2.05) is 42.5 Å². The van der Waals surface area contributed by atoms with Crippen molar-refractivity contribution in [2.75, 3.05) is 0 Å². The van der Waals surface area contributed by atoms with Crippen molar-refractivity contribution in [3.8, 4) is 11.3 Å². The number of nitrogens with zero attached hydrogens (tertiary/aromatic N) is 2. The summed E-state index contributed by atoms with van der Waals surface area (Å²) in [4.78, 5) is 23.6. The fraction of sp³-hybridized carbons (Fsp3) is 0.0556. The van der Waals surface area contributed by atoms with Gasteiger partial charge in [-0.25, -0.2) is 4.99 Å². The Kier molecular flexibility index (Phi) is 4.29. The summed E-state index contributed by atoms with van der Waals surface area (Å²) in [6.07, 6.45) is 3.15. The van der Waals surface area contributed by atoms with Gasteiger partial charge in [0.05, 0.1) is 5.56 Å². The van der Waals surface area contributed by atoms with Crippen LogP contribution in [0.25, 0.3) is 11.3 Å². The van der Waals surface area contributed by atoms with Crippen molar-refractivity contribution < 1.29 is 4.79 Å². The molecular formula is C18H16N4O. The van der Waals surface area contributed by atoms with Crippen LogP contribution < -0.4 is 5.32 Å². The van der Waals surface area contributed by atoms with E-state index in [-0.39, 0.29) is 5.91 Å². The molecule has 1 amide bonds. The molecule has 3 aromatic rings. The van der Waals surface area contributed by atoms with E-state index in [0.29, 0.717) is 17.2 Å². The number of aromatic nitrogens is 2. The molecule has 0 aliphatic carbocycles. The second kappa shape index (κ2) is 6.70. The van der Waals surface area contributed by atoms with E-state index >= 15 is 0 Å². The first kappa shape index (κ1) is 14.7. The number of hydrogen-bond donors (Lipinski definition) is 2. The summed E-state index contributed by atoms with van der Waals surface area (Å²) < 4.78 is 0. The highest BCUT2D eigenvalue weighted by Crippen LogP contribution is 2.21. The summed E-state index contributed by atoms with van der Waals surface area (Å²) in [6.45, 7) is 1.75. The number of rotatable bonds is 3. The summed E-state index contributed by atoms with van der Waals surface area (Å²) in [5, 5.41) is 2.74. The predicted octanol–water partition coefficient (Wildman–Crippen LogP) is 3.56. The number of amides is 1. The number of H-pyrrole nitrogens is 1. The number of aromatic amines is 1. The first-order chi connectivity index (χ1) is 11.2. The highest BCUT2D eigenvalue weighted by atomic mass is 16.1. The summed E-state index contributed by atoms with van der Waals surface area (Å²) in [5.41, 5.74) is 2.57. The molecule has 2 heterocycles. The van der Waals surface area contributed by atoms with Gasteiger partial charge in [-0.2, -0.15) is 0 Å². The Hall–Kier alpha value is -3.21. The second-order valence-electron chi connectivity index (χ2n) is 5.02. The number of nitrogens with one attached hydrogen (secondary N) is 2. The molecule has 0 saturated heterocycles. The Bertz CT molecular complexity index is 822. The molecule has 3 rings (SSSR count). The molecule has 0 unspecified atom stereocenters. The van der Waals surface area contributed by atoms with Gasteiger partial charge in [0.15, 0.2) is 0 Å². The van der Waals surface area contributed by atoms with Gasteiger partial charge in [0.25, 0.3) is 5.91 Å². The lowest BCUT2D eigenvalue weighted by molar-refractivity contribution is 0.0976. The van der Waals surface area contributed by atoms with Gasteiger partial charge in [-0.3, -0.25) is 9.78 Å². The normalized spacial score (nSPS) is 11.3. The van der Waals surface area contributed by atoms with E-state index in [0.717, 1.165) is 11.3 Å². The molecule has 0 aliphatic heterocycles. The quantitative estimate of drug-likeness (QED) is 0.574. The summed E-state index contributed by atoms with van der Waals surface area (Å²) >= 11 is 0. The smallest absolute Gasteiger partial charge is 0.258 e. The topological polar surface area (TPSA) is 70.1 Å². The van der Waals surface area contributed by atoms with E-state index in [1.54, 1.807) is 25.3 Å². The molecule has 2 aromatic heterocycles. The number of benzene rings is 1. The molecular weight excluding hydrogens is 288 g/mol. The average Bonchev–Trinajstić information content (AvgIpc) is 3.04. The Balaban J connectivity index is 1.72. The molecule has 5 nitrogen and oxygen atoms in total. The summed E-state index contributed by atoms with van der Waals surface area (Å²) in [7, 11) is 0. The molecule has 2 N–H and O–H groups in total. The van der Waals surface area contributed by atoms with Crippen molar-refractivity contribution in [2.45, 2.75) is 6.92 Å². The first-order valence-corrected chi connectivity index (χ1v) is 7.23. The number of carbonyl (C=O) groups is 1. The average molecular weight is 304 g/mol. The highest BCUT2D eigenvalue weighted by molar-refractivity contribution is 6.06. The zero-order valence-corrected chi connectivity index (χ0v) is 12.7. The minimum Gasteiger partial charge on any atom is -0.340 e. The third kappa shape index (κ3) is 3.71. The van der Waals surface area contributed by atoms with Gasteiger partial charge in [-0.05, 0) is 36.8 Å². The zero-order chi connectivity index (χ0) is 16.1. The lowest BCUT2D eigenvalue weighted by atomic mass is 10.2. The number of aliphatic imine (C=N–C) groups is 1. The maximum absolute atomic E-state index is 12.0.